The summed E-state index contributed by atoms with van der Waals surface area (Å²) in [6.07, 6.45) is 1.48. The highest BCUT2D eigenvalue weighted by atomic mass is 79.9. The molecule has 11 heteroatoms. The van der Waals surface area contributed by atoms with Gasteiger partial charge in [-0.3, -0.25) is 20.2 Å². The van der Waals surface area contributed by atoms with E-state index in [1.165, 1.54) is 30.5 Å². The topological polar surface area (TPSA) is 126 Å². The first-order chi connectivity index (χ1) is 16.4. The molecule has 0 radical (unpaired) electrons. The van der Waals surface area contributed by atoms with E-state index in [1.807, 2.05) is 6.92 Å². The lowest BCUT2D eigenvalue weighted by atomic mass is 10.2. The van der Waals surface area contributed by atoms with Crippen LogP contribution in [0.5, 0.6) is 11.5 Å². The number of nitrogens with zero attached hydrogens (tertiary/aromatic N) is 3. The number of oxime groups is 1. The molecular weight excluding hydrogens is 510 g/mol. The van der Waals surface area contributed by atoms with Crippen molar-refractivity contribution < 1.29 is 24.2 Å². The number of hydrogen-bond acceptors (Lipinski definition) is 8. The normalized spacial score (nSPS) is 10.8. The predicted octanol–water partition coefficient (Wildman–Crippen LogP) is 5.79. The summed E-state index contributed by atoms with van der Waals surface area (Å²) in [7, 11) is 0. The Morgan fingerprint density at radius 3 is 2.12 bits per heavy atom. The molecule has 0 heterocycles. The van der Waals surface area contributed by atoms with Gasteiger partial charge in [0.15, 0.2) is 11.5 Å². The zero-order valence-electron chi connectivity index (χ0n) is 18.0. The Labute approximate surface area is 203 Å². The lowest BCUT2D eigenvalue weighted by Crippen LogP contribution is -2.02. The monoisotopic (exact) mass is 529 g/mol. The zero-order chi connectivity index (χ0) is 24.5. The summed E-state index contributed by atoms with van der Waals surface area (Å²) in [6.45, 7) is 2.41. The van der Waals surface area contributed by atoms with E-state index < -0.39 is 9.85 Å². The molecule has 0 unspecified atom stereocenters. The van der Waals surface area contributed by atoms with Gasteiger partial charge in [0, 0.05) is 29.8 Å². The van der Waals surface area contributed by atoms with Crippen LogP contribution in [-0.2, 0) is 18.1 Å². The van der Waals surface area contributed by atoms with E-state index in [4.69, 9.17) is 14.3 Å². The van der Waals surface area contributed by atoms with Gasteiger partial charge in [-0.05, 0) is 46.1 Å². The minimum atomic E-state index is -0.470. The fourth-order valence-electron chi connectivity index (χ4n) is 2.95. The van der Waals surface area contributed by atoms with Gasteiger partial charge in [-0.25, -0.2) is 0 Å². The molecule has 3 aromatic carbocycles. The van der Waals surface area contributed by atoms with E-state index >= 15 is 0 Å². The van der Waals surface area contributed by atoms with Crippen LogP contribution < -0.4 is 9.47 Å². The molecular formula is C23H20BrN3O7. The van der Waals surface area contributed by atoms with Crippen molar-refractivity contribution >= 4 is 33.5 Å². The molecule has 0 aliphatic rings. The van der Waals surface area contributed by atoms with Crippen molar-refractivity contribution in [3.8, 4) is 11.5 Å². The van der Waals surface area contributed by atoms with Gasteiger partial charge in [0.2, 0.25) is 0 Å². The van der Waals surface area contributed by atoms with Crippen molar-refractivity contribution in [3.05, 3.63) is 102 Å². The first-order valence-corrected chi connectivity index (χ1v) is 10.9. The molecule has 3 aromatic rings. The molecule has 176 valence electrons. The van der Waals surface area contributed by atoms with Crippen LogP contribution in [0.3, 0.4) is 0 Å². The highest BCUT2D eigenvalue weighted by Gasteiger charge is 2.13. The fourth-order valence-corrected chi connectivity index (χ4v) is 3.52. The summed E-state index contributed by atoms with van der Waals surface area (Å²) in [5.41, 5.74) is 1.89. The molecule has 0 fully saturated rings. The molecule has 3 rings (SSSR count). The third-order valence-corrected chi connectivity index (χ3v) is 5.05. The maximum absolute atomic E-state index is 11.0. The Bertz CT molecular complexity index is 1220. The van der Waals surface area contributed by atoms with Gasteiger partial charge in [-0.15, -0.1) is 0 Å². The number of nitro benzene ring substituents is 2. The van der Waals surface area contributed by atoms with Crippen LogP contribution in [0.1, 0.15) is 23.6 Å². The highest BCUT2D eigenvalue weighted by Crippen LogP contribution is 2.37. The Hall–Kier alpha value is -3.99. The second-order valence-electron chi connectivity index (χ2n) is 6.91. The third-order valence-electron chi connectivity index (χ3n) is 4.47. The van der Waals surface area contributed by atoms with Crippen molar-refractivity contribution in [2.45, 2.75) is 20.1 Å². The standard InChI is InChI=1S/C23H20BrN3O7/c1-2-32-22-12-18(13-25-34-15-17-6-4-8-20(10-17)27(30)31)11-21(24)23(22)33-14-16-5-3-7-19(9-16)26(28)29/h3-13H,2,14-15H2,1H3/b25-13-. The first kappa shape index (κ1) is 24.6. The molecule has 0 bridgehead atoms. The van der Waals surface area contributed by atoms with Crippen molar-refractivity contribution in [2.75, 3.05) is 6.61 Å². The molecule has 0 saturated carbocycles. The van der Waals surface area contributed by atoms with E-state index in [0.29, 0.717) is 39.3 Å². The number of nitro groups is 2. The number of hydrogen-bond donors (Lipinski definition) is 0. The first-order valence-electron chi connectivity index (χ1n) is 10.1. The maximum Gasteiger partial charge on any atom is 0.269 e. The lowest BCUT2D eigenvalue weighted by Gasteiger charge is -2.14. The second kappa shape index (κ2) is 11.8. The summed E-state index contributed by atoms with van der Waals surface area (Å²) in [5.74, 6) is 0.908. The lowest BCUT2D eigenvalue weighted by molar-refractivity contribution is -0.385. The number of non-ortho nitro benzene ring substituents is 2. The highest BCUT2D eigenvalue weighted by molar-refractivity contribution is 9.10. The van der Waals surface area contributed by atoms with E-state index in [1.54, 1.807) is 36.4 Å². The van der Waals surface area contributed by atoms with Crippen LogP contribution in [0.15, 0.2) is 70.3 Å². The Kier molecular flexibility index (Phi) is 8.52. The van der Waals surface area contributed by atoms with Gasteiger partial charge in [-0.1, -0.05) is 29.4 Å². The van der Waals surface area contributed by atoms with E-state index in [9.17, 15) is 20.2 Å². The van der Waals surface area contributed by atoms with Crippen LogP contribution in [0.4, 0.5) is 11.4 Å². The van der Waals surface area contributed by atoms with Crippen LogP contribution in [0.25, 0.3) is 0 Å². The van der Waals surface area contributed by atoms with Crippen LogP contribution >= 0.6 is 15.9 Å². The smallest absolute Gasteiger partial charge is 0.269 e. The van der Waals surface area contributed by atoms with Gasteiger partial charge in [-0.2, -0.15) is 0 Å². The molecule has 0 aromatic heterocycles. The molecule has 0 aliphatic carbocycles. The van der Waals surface area contributed by atoms with Gasteiger partial charge in [0.1, 0.15) is 13.2 Å². The second-order valence-corrected chi connectivity index (χ2v) is 7.77. The van der Waals surface area contributed by atoms with E-state index in [0.717, 1.165) is 0 Å². The fraction of sp³-hybridized carbons (Fsp3) is 0.174. The van der Waals surface area contributed by atoms with Crippen molar-refractivity contribution in [1.29, 1.82) is 0 Å². The molecule has 0 amide bonds. The Morgan fingerprint density at radius 1 is 0.912 bits per heavy atom. The molecule has 0 saturated heterocycles. The van der Waals surface area contributed by atoms with E-state index in [2.05, 4.69) is 21.1 Å². The Balaban J connectivity index is 1.69. The quantitative estimate of drug-likeness (QED) is 0.174. The molecule has 0 atom stereocenters. The van der Waals surface area contributed by atoms with E-state index in [-0.39, 0.29) is 24.6 Å². The number of ether oxygens (including phenoxy) is 2. The van der Waals surface area contributed by atoms with Gasteiger partial charge >= 0.3 is 0 Å². The van der Waals surface area contributed by atoms with Gasteiger partial charge < -0.3 is 14.3 Å². The summed E-state index contributed by atoms with van der Waals surface area (Å²) in [4.78, 5) is 26.2. The van der Waals surface area contributed by atoms with Crippen molar-refractivity contribution in [2.24, 2.45) is 5.16 Å². The van der Waals surface area contributed by atoms with Gasteiger partial charge in [0.05, 0.1) is 27.1 Å². The SMILES string of the molecule is CCOc1cc(/C=N\OCc2cccc([N+](=O)[O-])c2)cc(Br)c1OCc1cccc([N+](=O)[O-])c1. The molecule has 0 aliphatic heterocycles. The summed E-state index contributed by atoms with van der Waals surface area (Å²) in [6, 6.07) is 15.8. The minimum absolute atomic E-state index is 0.0122. The third kappa shape index (κ3) is 6.75. The molecule has 10 nitrogen and oxygen atoms in total. The molecule has 0 spiro atoms. The van der Waals surface area contributed by atoms with Crippen molar-refractivity contribution in [3.63, 3.8) is 0 Å². The van der Waals surface area contributed by atoms with Crippen molar-refractivity contribution in [1.82, 2.24) is 0 Å². The summed E-state index contributed by atoms with van der Waals surface area (Å²) < 4.78 is 12.2. The van der Waals surface area contributed by atoms with Crippen LogP contribution in [-0.4, -0.2) is 22.7 Å². The van der Waals surface area contributed by atoms with Crippen LogP contribution in [0, 0.1) is 20.2 Å². The number of benzene rings is 3. The average Bonchev–Trinajstić information content (AvgIpc) is 2.82. The zero-order valence-corrected chi connectivity index (χ0v) is 19.6. The molecule has 34 heavy (non-hydrogen) atoms. The number of rotatable bonds is 11. The summed E-state index contributed by atoms with van der Waals surface area (Å²) in [5, 5.41) is 25.8. The number of halogens is 1. The predicted molar refractivity (Wildman–Crippen MR) is 128 cm³/mol. The molecule has 0 N–H and O–H groups in total. The minimum Gasteiger partial charge on any atom is -0.490 e. The maximum atomic E-state index is 11.0. The largest absolute Gasteiger partial charge is 0.490 e. The summed E-state index contributed by atoms with van der Waals surface area (Å²) >= 11 is 3.47. The average molecular weight is 530 g/mol. The van der Waals surface area contributed by atoms with Gasteiger partial charge in [0.25, 0.3) is 11.4 Å². The Morgan fingerprint density at radius 2 is 1.53 bits per heavy atom. The van der Waals surface area contributed by atoms with Crippen LogP contribution in [0.2, 0.25) is 0 Å².